The Morgan fingerprint density at radius 1 is 1.06 bits per heavy atom. The highest BCUT2D eigenvalue weighted by atomic mass is 16.6. The number of hydrogen-bond donors (Lipinski definition) is 2. The molecule has 2 N–H and O–H groups in total. The molecule has 0 amide bonds. The summed E-state index contributed by atoms with van der Waals surface area (Å²) in [6.45, 7) is 4.69. The zero-order valence-electron chi connectivity index (χ0n) is 18.5. The zero-order valence-corrected chi connectivity index (χ0v) is 18.5. The first kappa shape index (κ1) is 20.9. The summed E-state index contributed by atoms with van der Waals surface area (Å²) >= 11 is 0. The van der Waals surface area contributed by atoms with Crippen LogP contribution in [0.4, 0.5) is 5.69 Å². The van der Waals surface area contributed by atoms with E-state index in [1.54, 1.807) is 12.1 Å². The fourth-order valence-corrected chi connectivity index (χ4v) is 7.55. The predicted molar refractivity (Wildman–Crippen MR) is 120 cm³/mol. The van der Waals surface area contributed by atoms with Gasteiger partial charge in [0, 0.05) is 17.5 Å². The van der Waals surface area contributed by atoms with Gasteiger partial charge in [0.2, 0.25) is 0 Å². The molecule has 3 saturated carbocycles. The Hall–Kier alpha value is -1.98. The number of non-ortho nitro benzene ring substituents is 1. The van der Waals surface area contributed by atoms with Crippen molar-refractivity contribution in [3.8, 4) is 0 Å². The highest BCUT2D eigenvalue weighted by Crippen LogP contribution is 2.65. The molecule has 0 heterocycles. The highest BCUT2D eigenvalue weighted by Gasteiger charge is 2.59. The summed E-state index contributed by atoms with van der Waals surface area (Å²) < 4.78 is 0. The summed E-state index contributed by atoms with van der Waals surface area (Å²) in [5.74, 6) is 1.65. The van der Waals surface area contributed by atoms with Crippen LogP contribution in [-0.2, 0) is 0 Å². The number of fused-ring (bicyclic) bond motifs is 5. The number of nitro groups is 1. The van der Waals surface area contributed by atoms with Crippen molar-refractivity contribution in [1.29, 1.82) is 0 Å². The van der Waals surface area contributed by atoms with Crippen LogP contribution in [0.1, 0.15) is 64.4 Å². The van der Waals surface area contributed by atoms with E-state index >= 15 is 0 Å². The van der Waals surface area contributed by atoms with Crippen LogP contribution in [0.15, 0.2) is 41.5 Å². The van der Waals surface area contributed by atoms with Crippen LogP contribution < -0.4 is 0 Å². The van der Waals surface area contributed by atoms with Gasteiger partial charge < -0.3 is 10.2 Å². The Kier molecular flexibility index (Phi) is 4.91. The minimum absolute atomic E-state index is 0.0910. The molecule has 0 saturated heterocycles. The third kappa shape index (κ3) is 3.20. The summed E-state index contributed by atoms with van der Waals surface area (Å²) in [6.07, 6.45) is 10.7. The molecule has 3 fully saturated rings. The quantitative estimate of drug-likeness (QED) is 0.385. The summed E-state index contributed by atoms with van der Waals surface area (Å²) in [5, 5.41) is 32.5. The largest absolute Gasteiger partial charge is 0.393 e. The lowest BCUT2D eigenvalue weighted by molar-refractivity contribution is -0.384. The number of rotatable bonds is 2. The zero-order chi connectivity index (χ0) is 22.0. The van der Waals surface area contributed by atoms with Crippen LogP contribution >= 0.6 is 0 Å². The van der Waals surface area contributed by atoms with E-state index in [2.05, 4.69) is 26.0 Å². The summed E-state index contributed by atoms with van der Waals surface area (Å²) in [7, 11) is 0. The number of aliphatic hydroxyl groups is 2. The van der Waals surface area contributed by atoms with Gasteiger partial charge in [-0.25, -0.2) is 0 Å². The highest BCUT2D eigenvalue weighted by molar-refractivity contribution is 5.57. The fraction of sp³-hybridized carbons (Fsp3) is 0.615. The van der Waals surface area contributed by atoms with E-state index in [9.17, 15) is 20.3 Å². The summed E-state index contributed by atoms with van der Waals surface area (Å²) in [6, 6.07) is 6.61. The molecular weight excluding hydrogens is 390 g/mol. The molecule has 0 spiro atoms. The maximum absolute atomic E-state index is 11.3. The van der Waals surface area contributed by atoms with Gasteiger partial charge in [0.1, 0.15) is 0 Å². The number of benzene rings is 1. The van der Waals surface area contributed by atoms with Gasteiger partial charge in [-0.3, -0.25) is 10.1 Å². The van der Waals surface area contributed by atoms with Crippen molar-refractivity contribution in [1.82, 2.24) is 0 Å². The molecule has 166 valence electrons. The van der Waals surface area contributed by atoms with Crippen LogP contribution in [0.25, 0.3) is 6.08 Å². The van der Waals surface area contributed by atoms with Crippen LogP contribution in [0.5, 0.6) is 0 Å². The Balaban J connectivity index is 1.44. The second kappa shape index (κ2) is 7.28. The van der Waals surface area contributed by atoms with E-state index in [1.807, 2.05) is 0 Å². The first-order valence-corrected chi connectivity index (χ1v) is 11.7. The Morgan fingerprint density at radius 2 is 1.81 bits per heavy atom. The van der Waals surface area contributed by atoms with Gasteiger partial charge >= 0.3 is 0 Å². The van der Waals surface area contributed by atoms with E-state index in [-0.39, 0.29) is 27.5 Å². The molecule has 1 aromatic carbocycles. The van der Waals surface area contributed by atoms with Crippen LogP contribution in [-0.4, -0.2) is 27.3 Å². The van der Waals surface area contributed by atoms with E-state index in [4.69, 9.17) is 0 Å². The predicted octanol–water partition coefficient (Wildman–Crippen LogP) is 5.27. The summed E-state index contributed by atoms with van der Waals surface area (Å²) in [5.41, 5.74) is 3.63. The topological polar surface area (TPSA) is 83.6 Å². The van der Waals surface area contributed by atoms with E-state index in [0.717, 1.165) is 56.1 Å². The van der Waals surface area contributed by atoms with E-state index in [0.29, 0.717) is 17.8 Å². The number of nitrogens with zero attached hydrogens (tertiary/aromatic N) is 1. The number of allylic oxidation sites excluding steroid dienone is 1. The van der Waals surface area contributed by atoms with Gasteiger partial charge in [-0.05, 0) is 91.4 Å². The Labute approximate surface area is 184 Å². The second-order valence-corrected chi connectivity index (χ2v) is 10.9. The smallest absolute Gasteiger partial charge is 0.269 e. The maximum atomic E-state index is 11.3. The first-order valence-electron chi connectivity index (χ1n) is 11.7. The Bertz CT molecular complexity index is 951. The van der Waals surface area contributed by atoms with Crippen molar-refractivity contribution in [3.05, 3.63) is 57.2 Å². The number of hydrogen-bond acceptors (Lipinski definition) is 4. The lowest BCUT2D eigenvalue weighted by Crippen LogP contribution is -2.51. The van der Waals surface area contributed by atoms with Gasteiger partial charge in [0.05, 0.1) is 17.1 Å². The molecule has 4 aliphatic carbocycles. The van der Waals surface area contributed by atoms with Gasteiger partial charge in [-0.2, -0.15) is 0 Å². The average Bonchev–Trinajstić information content (AvgIpc) is 2.99. The molecular formula is C26H33NO4. The first-order chi connectivity index (χ1) is 14.7. The average molecular weight is 424 g/mol. The molecule has 0 bridgehead atoms. The normalized spacial score (nSPS) is 43.0. The SMILES string of the molecule is C[C@@]12CC[C@H]3[C@@H](CC=C4C[C@H](O)CC[C@@]43C)[C@H]1C/C(=C\c1ccc([N+](=O)[O-])cc1)[C@@H]2O. The van der Waals surface area contributed by atoms with E-state index < -0.39 is 6.10 Å². The lowest BCUT2D eigenvalue weighted by atomic mass is 9.48. The standard InChI is InChI=1S/C26H33NO4/c1-25-11-9-20(28)15-18(25)5-8-21-22(25)10-12-26(2)23(21)14-17(24(26)29)13-16-3-6-19(7-4-16)27(30)31/h3-7,13,20-24,28-29H,8-12,14-15H2,1-2H3/b17-13+/t20-,21-,22+,23-,24+,25+,26-/m1/s1. The van der Waals surface area contributed by atoms with Crippen LogP contribution in [0.3, 0.4) is 0 Å². The van der Waals surface area contributed by atoms with Crippen LogP contribution in [0, 0.1) is 38.7 Å². The van der Waals surface area contributed by atoms with Gasteiger partial charge in [-0.1, -0.05) is 31.6 Å². The van der Waals surface area contributed by atoms with Gasteiger partial charge in [0.15, 0.2) is 0 Å². The number of nitro benzene ring substituents is 1. The Morgan fingerprint density at radius 3 is 2.52 bits per heavy atom. The molecule has 0 radical (unpaired) electrons. The summed E-state index contributed by atoms with van der Waals surface area (Å²) in [4.78, 5) is 10.5. The third-order valence-corrected chi connectivity index (χ3v) is 9.40. The molecule has 5 nitrogen and oxygen atoms in total. The van der Waals surface area contributed by atoms with Crippen molar-refractivity contribution in [3.63, 3.8) is 0 Å². The van der Waals surface area contributed by atoms with Crippen molar-refractivity contribution in [2.45, 2.75) is 71.0 Å². The van der Waals surface area contributed by atoms with Crippen molar-refractivity contribution in [2.75, 3.05) is 0 Å². The molecule has 31 heavy (non-hydrogen) atoms. The molecule has 0 aromatic heterocycles. The molecule has 7 atom stereocenters. The second-order valence-electron chi connectivity index (χ2n) is 10.9. The van der Waals surface area contributed by atoms with Crippen LogP contribution in [0.2, 0.25) is 0 Å². The molecule has 0 aliphatic heterocycles. The molecule has 4 aliphatic rings. The minimum Gasteiger partial charge on any atom is -0.393 e. The third-order valence-electron chi connectivity index (χ3n) is 9.40. The maximum Gasteiger partial charge on any atom is 0.269 e. The van der Waals surface area contributed by atoms with Gasteiger partial charge in [0.25, 0.3) is 5.69 Å². The number of aliphatic hydroxyl groups excluding tert-OH is 2. The fourth-order valence-electron chi connectivity index (χ4n) is 7.55. The molecule has 5 heteroatoms. The van der Waals surface area contributed by atoms with Gasteiger partial charge in [-0.15, -0.1) is 0 Å². The van der Waals surface area contributed by atoms with Crippen molar-refractivity contribution in [2.24, 2.45) is 28.6 Å². The van der Waals surface area contributed by atoms with E-state index in [1.165, 1.54) is 17.7 Å². The molecule has 1 aromatic rings. The molecule has 5 rings (SSSR count). The molecule has 0 unspecified atom stereocenters. The lowest BCUT2D eigenvalue weighted by Gasteiger charge is -2.57. The van der Waals surface area contributed by atoms with Crippen molar-refractivity contribution < 1.29 is 15.1 Å². The van der Waals surface area contributed by atoms with Crippen molar-refractivity contribution >= 4 is 11.8 Å². The minimum atomic E-state index is -0.458. The monoisotopic (exact) mass is 423 g/mol.